The first kappa shape index (κ1) is 20.2. The van der Waals surface area contributed by atoms with Crippen LogP contribution >= 0.6 is 12.4 Å². The third-order valence-electron chi connectivity index (χ3n) is 6.50. The summed E-state index contributed by atoms with van der Waals surface area (Å²) in [5.41, 5.74) is 1.04. The van der Waals surface area contributed by atoms with Crippen LogP contribution in [-0.2, 0) is 4.79 Å². The molecule has 1 aromatic rings. The van der Waals surface area contributed by atoms with Gasteiger partial charge in [-0.15, -0.1) is 12.4 Å². The second-order valence-corrected chi connectivity index (χ2v) is 8.18. The Morgan fingerprint density at radius 2 is 1.85 bits per heavy atom. The summed E-state index contributed by atoms with van der Waals surface area (Å²) in [4.78, 5) is 29.6. The van der Waals surface area contributed by atoms with Crippen molar-refractivity contribution in [1.29, 1.82) is 0 Å². The fourth-order valence-corrected chi connectivity index (χ4v) is 4.90. The third-order valence-corrected chi connectivity index (χ3v) is 6.50. The first-order valence-corrected chi connectivity index (χ1v) is 10.0. The first-order chi connectivity index (χ1) is 12.7. The molecule has 148 valence electrons. The van der Waals surface area contributed by atoms with Gasteiger partial charge in [-0.3, -0.25) is 9.59 Å². The van der Waals surface area contributed by atoms with E-state index < -0.39 is 0 Å². The first-order valence-electron chi connectivity index (χ1n) is 10.0. The smallest absolute Gasteiger partial charge is 0.253 e. The van der Waals surface area contributed by atoms with Gasteiger partial charge in [-0.2, -0.15) is 0 Å². The monoisotopic (exact) mass is 391 g/mol. The summed E-state index contributed by atoms with van der Waals surface area (Å²) in [5.74, 6) is 0.379. The van der Waals surface area contributed by atoms with Gasteiger partial charge < -0.3 is 15.1 Å². The van der Waals surface area contributed by atoms with Crippen molar-refractivity contribution < 1.29 is 9.59 Å². The molecule has 1 atom stereocenters. The van der Waals surface area contributed by atoms with Crippen molar-refractivity contribution in [3.63, 3.8) is 0 Å². The quantitative estimate of drug-likeness (QED) is 0.843. The van der Waals surface area contributed by atoms with E-state index in [1.165, 1.54) is 0 Å². The maximum atomic E-state index is 12.8. The molecule has 0 saturated carbocycles. The van der Waals surface area contributed by atoms with Crippen molar-refractivity contribution in [3.8, 4) is 0 Å². The molecule has 0 radical (unpaired) electrons. The molecule has 3 fully saturated rings. The van der Waals surface area contributed by atoms with Gasteiger partial charge in [0.2, 0.25) is 5.91 Å². The van der Waals surface area contributed by atoms with E-state index >= 15 is 0 Å². The van der Waals surface area contributed by atoms with Crippen LogP contribution in [-0.4, -0.2) is 60.4 Å². The minimum absolute atomic E-state index is 0. The molecule has 4 rings (SSSR count). The number of benzene rings is 1. The highest BCUT2D eigenvalue weighted by atomic mass is 35.5. The number of rotatable bonds is 2. The lowest BCUT2D eigenvalue weighted by atomic mass is 9.72. The van der Waals surface area contributed by atoms with Gasteiger partial charge in [-0.25, -0.2) is 0 Å². The second kappa shape index (κ2) is 8.61. The highest BCUT2D eigenvalue weighted by molar-refractivity contribution is 5.94. The summed E-state index contributed by atoms with van der Waals surface area (Å²) >= 11 is 0. The summed E-state index contributed by atoms with van der Waals surface area (Å²) in [7, 11) is 0. The highest BCUT2D eigenvalue weighted by Crippen LogP contribution is 2.39. The standard InChI is InChI=1S/C21H29N3O2.ClH/c25-19-8-9-21(10-12-22-13-11-21)16-24(19)18-7-4-14-23(15-18)20(26)17-5-2-1-3-6-17;/h1-3,5-6,18,22H,4,7-16H2;1H. The number of amides is 2. The lowest BCUT2D eigenvalue weighted by molar-refractivity contribution is -0.142. The van der Waals surface area contributed by atoms with Crippen LogP contribution in [0, 0.1) is 5.41 Å². The molecule has 3 heterocycles. The summed E-state index contributed by atoms with van der Waals surface area (Å²) in [6, 6.07) is 9.67. The molecule has 1 N–H and O–H groups in total. The van der Waals surface area contributed by atoms with E-state index in [0.717, 1.165) is 63.8 Å². The van der Waals surface area contributed by atoms with Gasteiger partial charge in [0.1, 0.15) is 0 Å². The van der Waals surface area contributed by atoms with Gasteiger partial charge in [0.25, 0.3) is 5.91 Å². The van der Waals surface area contributed by atoms with E-state index in [2.05, 4.69) is 10.2 Å². The van der Waals surface area contributed by atoms with Crippen molar-refractivity contribution in [3.05, 3.63) is 35.9 Å². The molecular formula is C21H30ClN3O2. The fourth-order valence-electron chi connectivity index (χ4n) is 4.90. The van der Waals surface area contributed by atoms with E-state index in [1.807, 2.05) is 35.2 Å². The maximum absolute atomic E-state index is 12.8. The zero-order chi connectivity index (χ0) is 18.0. The number of piperidine rings is 3. The second-order valence-electron chi connectivity index (χ2n) is 8.18. The third kappa shape index (κ3) is 4.30. The van der Waals surface area contributed by atoms with E-state index in [1.54, 1.807) is 0 Å². The molecule has 1 aromatic carbocycles. The minimum Gasteiger partial charge on any atom is -0.337 e. The normalized spacial score (nSPS) is 25.2. The Hall–Kier alpha value is -1.59. The number of carbonyl (C=O) groups excluding carboxylic acids is 2. The van der Waals surface area contributed by atoms with Gasteiger partial charge in [0.05, 0.1) is 0 Å². The van der Waals surface area contributed by atoms with Crippen LogP contribution in [0.1, 0.15) is 48.9 Å². The molecule has 0 bridgehead atoms. The molecule has 3 saturated heterocycles. The molecule has 0 aliphatic carbocycles. The van der Waals surface area contributed by atoms with E-state index in [0.29, 0.717) is 18.4 Å². The van der Waals surface area contributed by atoms with Crippen molar-refractivity contribution in [2.45, 2.75) is 44.6 Å². The number of carbonyl (C=O) groups is 2. The fraction of sp³-hybridized carbons (Fsp3) is 0.619. The number of halogens is 1. The Bertz CT molecular complexity index is 661. The molecule has 0 aromatic heterocycles. The Balaban J connectivity index is 0.00000210. The van der Waals surface area contributed by atoms with Gasteiger partial charge in [-0.1, -0.05) is 18.2 Å². The summed E-state index contributed by atoms with van der Waals surface area (Å²) in [6.07, 6.45) is 6.01. The summed E-state index contributed by atoms with van der Waals surface area (Å²) < 4.78 is 0. The van der Waals surface area contributed by atoms with Crippen LogP contribution in [0.25, 0.3) is 0 Å². The number of hydrogen-bond donors (Lipinski definition) is 1. The van der Waals surface area contributed by atoms with Gasteiger partial charge >= 0.3 is 0 Å². The zero-order valence-corrected chi connectivity index (χ0v) is 16.7. The highest BCUT2D eigenvalue weighted by Gasteiger charge is 2.42. The van der Waals surface area contributed by atoms with E-state index in [4.69, 9.17) is 0 Å². The minimum atomic E-state index is 0. The SMILES string of the molecule is Cl.O=C(c1ccccc1)N1CCCC(N2CC3(CCNCC3)CCC2=O)C1. The lowest BCUT2D eigenvalue weighted by Crippen LogP contribution is -2.58. The van der Waals surface area contributed by atoms with Gasteiger partial charge in [-0.05, 0) is 62.7 Å². The maximum Gasteiger partial charge on any atom is 0.253 e. The molecule has 6 heteroatoms. The molecule has 3 aliphatic heterocycles. The van der Waals surface area contributed by atoms with Crippen LogP contribution in [0.3, 0.4) is 0 Å². The largest absolute Gasteiger partial charge is 0.337 e. The summed E-state index contributed by atoms with van der Waals surface area (Å²) in [5, 5.41) is 3.45. The van der Waals surface area contributed by atoms with Crippen LogP contribution in [0.2, 0.25) is 0 Å². The Kier molecular flexibility index (Phi) is 6.43. The van der Waals surface area contributed by atoms with Gasteiger partial charge in [0.15, 0.2) is 0 Å². The topological polar surface area (TPSA) is 52.7 Å². The van der Waals surface area contributed by atoms with Crippen LogP contribution in [0.4, 0.5) is 0 Å². The summed E-state index contributed by atoms with van der Waals surface area (Å²) in [6.45, 7) is 4.47. The molecule has 1 spiro atoms. The Morgan fingerprint density at radius 3 is 2.59 bits per heavy atom. The average Bonchev–Trinajstić information content (AvgIpc) is 2.71. The van der Waals surface area contributed by atoms with Crippen LogP contribution < -0.4 is 5.32 Å². The zero-order valence-electron chi connectivity index (χ0n) is 15.9. The van der Waals surface area contributed by atoms with Crippen molar-refractivity contribution in [1.82, 2.24) is 15.1 Å². The lowest BCUT2D eigenvalue weighted by Gasteiger charge is -2.49. The Morgan fingerprint density at radius 1 is 1.11 bits per heavy atom. The van der Waals surface area contributed by atoms with Crippen molar-refractivity contribution >= 4 is 24.2 Å². The van der Waals surface area contributed by atoms with Crippen molar-refractivity contribution in [2.75, 3.05) is 32.7 Å². The number of likely N-dealkylation sites (tertiary alicyclic amines) is 2. The molecule has 5 nitrogen and oxygen atoms in total. The molecule has 3 aliphatic rings. The predicted octanol–water partition coefficient (Wildman–Crippen LogP) is 2.71. The number of nitrogens with zero attached hydrogens (tertiary/aromatic N) is 2. The molecule has 1 unspecified atom stereocenters. The molecule has 27 heavy (non-hydrogen) atoms. The Labute approximate surface area is 167 Å². The average molecular weight is 392 g/mol. The van der Waals surface area contributed by atoms with E-state index in [-0.39, 0.29) is 30.3 Å². The van der Waals surface area contributed by atoms with Crippen molar-refractivity contribution in [2.24, 2.45) is 5.41 Å². The number of nitrogens with one attached hydrogen (secondary N) is 1. The van der Waals surface area contributed by atoms with Crippen LogP contribution in [0.5, 0.6) is 0 Å². The number of hydrogen-bond acceptors (Lipinski definition) is 3. The molecular weight excluding hydrogens is 362 g/mol. The van der Waals surface area contributed by atoms with Gasteiger partial charge in [0, 0.05) is 37.7 Å². The van der Waals surface area contributed by atoms with E-state index in [9.17, 15) is 9.59 Å². The predicted molar refractivity (Wildman–Crippen MR) is 108 cm³/mol. The van der Waals surface area contributed by atoms with Crippen LogP contribution in [0.15, 0.2) is 30.3 Å². The molecule has 2 amide bonds.